The third-order valence-corrected chi connectivity index (χ3v) is 6.57. The van der Waals surface area contributed by atoms with Crippen molar-refractivity contribution in [3.63, 3.8) is 0 Å². The van der Waals surface area contributed by atoms with Gasteiger partial charge in [-0.25, -0.2) is 18.8 Å². The molecular weight excluding hydrogens is 537 g/mol. The van der Waals surface area contributed by atoms with Gasteiger partial charge >= 0.3 is 0 Å². The molecule has 0 N–H and O–H groups in total. The minimum Gasteiger partial charge on any atom is -0.484 e. The van der Waals surface area contributed by atoms with Gasteiger partial charge in [0.25, 0.3) is 0 Å². The average molecular weight is 558 g/mol. The van der Waals surface area contributed by atoms with Gasteiger partial charge < -0.3 is 9.14 Å². The number of pyridine rings is 1. The van der Waals surface area contributed by atoms with Gasteiger partial charge in [0, 0.05) is 28.8 Å². The number of halogens is 3. The van der Waals surface area contributed by atoms with E-state index in [1.54, 1.807) is 7.11 Å². The van der Waals surface area contributed by atoms with Crippen LogP contribution in [0.15, 0.2) is 70.9 Å². The highest BCUT2D eigenvalue weighted by Crippen LogP contribution is 2.35. The number of methoxy groups -OCH3 is 1. The normalized spacial score (nSPS) is 17.5. The predicted octanol–water partition coefficient (Wildman–Crippen LogP) is 5.94. The Morgan fingerprint density at radius 2 is 2.09 bits per heavy atom. The van der Waals surface area contributed by atoms with E-state index in [1.165, 1.54) is 6.07 Å². The Kier molecular flexibility index (Phi) is 6.09. The highest BCUT2D eigenvalue weighted by molar-refractivity contribution is 14.1. The van der Waals surface area contributed by atoms with Crippen molar-refractivity contribution in [1.82, 2.24) is 9.38 Å². The van der Waals surface area contributed by atoms with Crippen molar-refractivity contribution in [3.05, 3.63) is 89.4 Å². The van der Waals surface area contributed by atoms with E-state index in [0.717, 1.165) is 47.8 Å². The summed E-state index contributed by atoms with van der Waals surface area (Å²) in [7, 11) is 1.66. The Morgan fingerprint density at radius 3 is 2.88 bits per heavy atom. The molecule has 0 spiro atoms. The average Bonchev–Trinajstić information content (AvgIpc) is 3.61. The van der Waals surface area contributed by atoms with Crippen LogP contribution in [0.1, 0.15) is 33.7 Å². The number of hydrogen-bond donors (Lipinski definition) is 0. The summed E-state index contributed by atoms with van der Waals surface area (Å²) in [6, 6.07) is 7.25. The van der Waals surface area contributed by atoms with Crippen molar-refractivity contribution in [2.24, 2.45) is 15.9 Å². The molecule has 0 amide bonds. The van der Waals surface area contributed by atoms with Gasteiger partial charge in [0.05, 0.1) is 31.3 Å². The van der Waals surface area contributed by atoms with Crippen molar-refractivity contribution < 1.29 is 13.5 Å². The van der Waals surface area contributed by atoms with Crippen LogP contribution < -0.4 is 0 Å². The largest absolute Gasteiger partial charge is 0.484 e. The number of alkyl halides is 1. The Balaban J connectivity index is 1.57. The standard InChI is InChI=1S/C25H21F2IN4O/c1-33-25(15-5-6-15)31-24(28)21-13-30-22-10-7-16(14-32(21)22)18-4-2-3-11-29-23(18)19-12-17(26)8-9-20(19)27/h2-4,7-10,12-15,24H,5-6,11H2,1H3. The van der Waals surface area contributed by atoms with Gasteiger partial charge in [0.1, 0.15) is 21.3 Å². The third-order valence-electron chi connectivity index (χ3n) is 5.66. The van der Waals surface area contributed by atoms with Crippen molar-refractivity contribution >= 4 is 45.4 Å². The second kappa shape index (κ2) is 9.17. The molecule has 3 aromatic rings. The van der Waals surface area contributed by atoms with E-state index >= 15 is 0 Å². The van der Waals surface area contributed by atoms with E-state index in [-0.39, 0.29) is 9.61 Å². The van der Waals surface area contributed by atoms with Crippen LogP contribution in [-0.4, -0.2) is 34.6 Å². The summed E-state index contributed by atoms with van der Waals surface area (Å²) in [6.45, 7) is 0.384. The van der Waals surface area contributed by atoms with Gasteiger partial charge in [0.15, 0.2) is 5.90 Å². The smallest absolute Gasteiger partial charge is 0.187 e. The van der Waals surface area contributed by atoms with Crippen molar-refractivity contribution in [3.8, 4) is 0 Å². The van der Waals surface area contributed by atoms with Crippen LogP contribution in [0.25, 0.3) is 11.2 Å². The highest BCUT2D eigenvalue weighted by atomic mass is 127. The molecule has 5 rings (SSSR count). The van der Waals surface area contributed by atoms with Crippen molar-refractivity contribution in [2.75, 3.05) is 13.7 Å². The lowest BCUT2D eigenvalue weighted by atomic mass is 9.96. The molecular formula is C25H21F2IN4O. The number of aliphatic imine (C=N–C) groups is 2. The van der Waals surface area contributed by atoms with Crippen molar-refractivity contribution in [1.29, 1.82) is 0 Å². The van der Waals surface area contributed by atoms with Crippen LogP contribution >= 0.6 is 22.6 Å². The third kappa shape index (κ3) is 4.48. The monoisotopic (exact) mass is 558 g/mol. The zero-order valence-corrected chi connectivity index (χ0v) is 20.0. The molecule has 8 heteroatoms. The van der Waals surface area contributed by atoms with Crippen LogP contribution in [0.4, 0.5) is 8.78 Å². The molecule has 168 valence electrons. The number of imidazole rings is 1. The number of hydrogen-bond acceptors (Lipinski definition) is 4. The van der Waals surface area contributed by atoms with Crippen LogP contribution in [0, 0.1) is 17.6 Å². The van der Waals surface area contributed by atoms with Gasteiger partial charge in [-0.1, -0.05) is 18.2 Å². The lowest BCUT2D eigenvalue weighted by Gasteiger charge is -2.14. The minimum atomic E-state index is -0.513. The molecule has 1 unspecified atom stereocenters. The topological polar surface area (TPSA) is 51.2 Å². The number of benzene rings is 1. The summed E-state index contributed by atoms with van der Waals surface area (Å²) in [5.74, 6) is 0.160. The molecule has 1 saturated carbocycles. The van der Waals surface area contributed by atoms with E-state index in [2.05, 4.69) is 32.6 Å². The molecule has 3 heterocycles. The number of rotatable bonds is 5. The zero-order chi connectivity index (χ0) is 22.9. The SMILES string of the molecule is COC(=NC(I)c1cnc2ccc(C3=CC=CCN=C3c3cc(F)ccc3F)cn12)C1CC1. The van der Waals surface area contributed by atoms with Crippen molar-refractivity contribution in [2.45, 2.75) is 16.9 Å². The molecule has 0 saturated heterocycles. The molecule has 0 bridgehead atoms. The minimum absolute atomic E-state index is 0.140. The van der Waals surface area contributed by atoms with E-state index in [9.17, 15) is 8.78 Å². The molecule has 1 fully saturated rings. The van der Waals surface area contributed by atoms with Gasteiger partial charge in [-0.05, 0) is 65.8 Å². The Labute approximate surface area is 203 Å². The summed E-state index contributed by atoms with van der Waals surface area (Å²) >= 11 is 2.28. The molecule has 1 aliphatic heterocycles. The summed E-state index contributed by atoms with van der Waals surface area (Å²) in [4.78, 5) is 13.8. The first kappa shape index (κ1) is 21.9. The molecule has 33 heavy (non-hydrogen) atoms. The summed E-state index contributed by atoms with van der Waals surface area (Å²) < 4.78 is 35.9. The second-order valence-electron chi connectivity index (χ2n) is 7.93. The molecule has 5 nitrogen and oxygen atoms in total. The number of nitrogens with zero attached hydrogens (tertiary/aromatic N) is 4. The molecule has 1 aromatic carbocycles. The lowest BCUT2D eigenvalue weighted by molar-refractivity contribution is 0.383. The molecule has 1 atom stereocenters. The first-order chi connectivity index (χ1) is 16.0. The maximum Gasteiger partial charge on any atom is 0.187 e. The summed E-state index contributed by atoms with van der Waals surface area (Å²) in [5, 5.41) is 0. The fourth-order valence-corrected chi connectivity index (χ4v) is 4.58. The highest BCUT2D eigenvalue weighted by Gasteiger charge is 2.30. The van der Waals surface area contributed by atoms with Gasteiger partial charge in [-0.2, -0.15) is 0 Å². The lowest BCUT2D eigenvalue weighted by Crippen LogP contribution is -2.09. The van der Waals surface area contributed by atoms with Crippen LogP contribution in [0.5, 0.6) is 0 Å². The van der Waals surface area contributed by atoms with Gasteiger partial charge in [0.2, 0.25) is 0 Å². The fourth-order valence-electron chi connectivity index (χ4n) is 3.84. The quantitative estimate of drug-likeness (QED) is 0.128. The van der Waals surface area contributed by atoms with E-state index in [4.69, 9.17) is 9.73 Å². The van der Waals surface area contributed by atoms with Crippen LogP contribution in [-0.2, 0) is 4.74 Å². The number of ether oxygens (including phenoxy) is 1. The van der Waals surface area contributed by atoms with Gasteiger partial charge in [-0.15, -0.1) is 0 Å². The fraction of sp³-hybridized carbons (Fsp3) is 0.240. The summed E-state index contributed by atoms with van der Waals surface area (Å²) in [6.07, 6.45) is 11.6. The first-order valence-electron chi connectivity index (χ1n) is 10.7. The van der Waals surface area contributed by atoms with E-state index in [0.29, 0.717) is 23.7 Å². The zero-order valence-electron chi connectivity index (χ0n) is 17.9. The maximum atomic E-state index is 14.6. The summed E-state index contributed by atoms with van der Waals surface area (Å²) in [5.41, 5.74) is 3.76. The number of aromatic nitrogens is 2. The molecule has 0 radical (unpaired) electrons. The maximum absolute atomic E-state index is 14.6. The van der Waals surface area contributed by atoms with Crippen LogP contribution in [0.2, 0.25) is 0 Å². The molecule has 1 aliphatic carbocycles. The number of allylic oxidation sites excluding steroid dienone is 3. The first-order valence-corrected chi connectivity index (χ1v) is 11.9. The van der Waals surface area contributed by atoms with E-state index in [1.807, 2.05) is 47.2 Å². The Morgan fingerprint density at radius 1 is 1.24 bits per heavy atom. The Hall–Kier alpha value is -2.88. The van der Waals surface area contributed by atoms with Crippen LogP contribution in [0.3, 0.4) is 0 Å². The molecule has 2 aromatic heterocycles. The van der Waals surface area contributed by atoms with Gasteiger partial charge in [-0.3, -0.25) is 4.99 Å². The molecule has 2 aliphatic rings. The second-order valence-corrected chi connectivity index (χ2v) is 9.11. The predicted molar refractivity (Wildman–Crippen MR) is 134 cm³/mol. The number of fused-ring (bicyclic) bond motifs is 1. The Bertz CT molecular complexity index is 1340. The van der Waals surface area contributed by atoms with E-state index < -0.39 is 11.6 Å².